The maximum absolute atomic E-state index is 11.2. The highest BCUT2D eigenvalue weighted by molar-refractivity contribution is 6.30. The molecule has 1 rings (SSSR count). The fourth-order valence-electron chi connectivity index (χ4n) is 1.50. The van der Waals surface area contributed by atoms with Crippen LogP contribution in [0.15, 0.2) is 18.2 Å². The SMILES string of the molecule is COC(=O)Cc1cc(C(Cl)C(C)=O)ccc1C. The number of ketones is 1. The fraction of sp³-hybridized carbons (Fsp3) is 0.385. The summed E-state index contributed by atoms with van der Waals surface area (Å²) in [7, 11) is 1.35. The second-order valence-corrected chi connectivity index (χ2v) is 4.35. The molecule has 0 aliphatic carbocycles. The maximum Gasteiger partial charge on any atom is 0.309 e. The van der Waals surface area contributed by atoms with Gasteiger partial charge in [0.25, 0.3) is 0 Å². The van der Waals surface area contributed by atoms with Crippen LogP contribution in [-0.2, 0) is 20.7 Å². The number of alkyl halides is 1. The molecule has 0 saturated carbocycles. The monoisotopic (exact) mass is 254 g/mol. The van der Waals surface area contributed by atoms with E-state index in [2.05, 4.69) is 4.74 Å². The van der Waals surface area contributed by atoms with Gasteiger partial charge in [-0.3, -0.25) is 9.59 Å². The largest absolute Gasteiger partial charge is 0.469 e. The summed E-state index contributed by atoms with van der Waals surface area (Å²) in [4.78, 5) is 22.4. The Kier molecular flexibility index (Phi) is 4.70. The van der Waals surface area contributed by atoms with Crippen molar-refractivity contribution in [3.63, 3.8) is 0 Å². The molecule has 92 valence electrons. The Morgan fingerprint density at radius 2 is 2.06 bits per heavy atom. The molecule has 1 aromatic carbocycles. The van der Waals surface area contributed by atoms with Crippen LogP contribution in [0, 0.1) is 6.92 Å². The minimum absolute atomic E-state index is 0.112. The Hall–Kier alpha value is -1.35. The van der Waals surface area contributed by atoms with Gasteiger partial charge in [-0.15, -0.1) is 11.6 Å². The molecule has 3 nitrogen and oxygen atoms in total. The molecule has 1 unspecified atom stereocenters. The van der Waals surface area contributed by atoms with Crippen LogP contribution in [0.5, 0.6) is 0 Å². The molecule has 0 aliphatic heterocycles. The lowest BCUT2D eigenvalue weighted by Gasteiger charge is -2.10. The van der Waals surface area contributed by atoms with Crippen molar-refractivity contribution in [2.75, 3.05) is 7.11 Å². The van der Waals surface area contributed by atoms with E-state index in [1.807, 2.05) is 13.0 Å². The third kappa shape index (κ3) is 3.56. The number of Topliss-reactive ketones (excluding diaryl/α,β-unsaturated/α-hetero) is 1. The first kappa shape index (κ1) is 13.7. The third-order valence-electron chi connectivity index (χ3n) is 2.59. The maximum atomic E-state index is 11.2. The molecular weight excluding hydrogens is 240 g/mol. The normalized spacial score (nSPS) is 12.0. The van der Waals surface area contributed by atoms with Crippen molar-refractivity contribution < 1.29 is 14.3 Å². The Balaban J connectivity index is 3.02. The minimum atomic E-state index is -0.660. The first-order chi connectivity index (χ1) is 7.95. The summed E-state index contributed by atoms with van der Waals surface area (Å²) in [5.74, 6) is -0.418. The zero-order chi connectivity index (χ0) is 13.0. The van der Waals surface area contributed by atoms with Crippen LogP contribution in [0.25, 0.3) is 0 Å². The summed E-state index contributed by atoms with van der Waals surface area (Å²) in [6, 6.07) is 5.44. The molecule has 1 atom stereocenters. The van der Waals surface area contributed by atoms with Crippen molar-refractivity contribution in [3.8, 4) is 0 Å². The van der Waals surface area contributed by atoms with Gasteiger partial charge in [0.2, 0.25) is 0 Å². The highest BCUT2D eigenvalue weighted by atomic mass is 35.5. The van der Waals surface area contributed by atoms with Gasteiger partial charge >= 0.3 is 5.97 Å². The number of aryl methyl sites for hydroxylation is 1. The zero-order valence-electron chi connectivity index (χ0n) is 10.1. The van der Waals surface area contributed by atoms with Crippen LogP contribution in [-0.4, -0.2) is 18.9 Å². The summed E-state index contributed by atoms with van der Waals surface area (Å²) < 4.78 is 4.62. The van der Waals surface area contributed by atoms with Gasteiger partial charge in [-0.1, -0.05) is 18.2 Å². The van der Waals surface area contributed by atoms with Crippen LogP contribution >= 0.6 is 11.6 Å². The number of halogens is 1. The van der Waals surface area contributed by atoms with Crippen molar-refractivity contribution in [3.05, 3.63) is 34.9 Å². The number of carbonyl (C=O) groups is 2. The van der Waals surface area contributed by atoms with E-state index >= 15 is 0 Å². The highest BCUT2D eigenvalue weighted by Crippen LogP contribution is 2.24. The van der Waals surface area contributed by atoms with Gasteiger partial charge in [0.15, 0.2) is 5.78 Å². The van der Waals surface area contributed by atoms with Crippen LogP contribution in [0.1, 0.15) is 29.0 Å². The topological polar surface area (TPSA) is 43.4 Å². The van der Waals surface area contributed by atoms with E-state index in [-0.39, 0.29) is 18.2 Å². The number of benzene rings is 1. The van der Waals surface area contributed by atoms with E-state index in [1.54, 1.807) is 12.1 Å². The van der Waals surface area contributed by atoms with E-state index in [0.29, 0.717) is 5.56 Å². The molecule has 17 heavy (non-hydrogen) atoms. The average molecular weight is 255 g/mol. The number of carbonyl (C=O) groups excluding carboxylic acids is 2. The van der Waals surface area contributed by atoms with Gasteiger partial charge in [-0.05, 0) is 30.5 Å². The van der Waals surface area contributed by atoms with Crippen molar-refractivity contribution in [1.29, 1.82) is 0 Å². The van der Waals surface area contributed by atoms with Gasteiger partial charge in [-0.25, -0.2) is 0 Å². The van der Waals surface area contributed by atoms with Gasteiger partial charge in [0.05, 0.1) is 13.5 Å². The Labute approximate surface area is 106 Å². The first-order valence-electron chi connectivity index (χ1n) is 5.26. The molecule has 0 heterocycles. The van der Waals surface area contributed by atoms with E-state index in [9.17, 15) is 9.59 Å². The first-order valence-corrected chi connectivity index (χ1v) is 5.70. The molecule has 0 bridgehead atoms. The smallest absolute Gasteiger partial charge is 0.309 e. The van der Waals surface area contributed by atoms with E-state index in [0.717, 1.165) is 11.1 Å². The van der Waals surface area contributed by atoms with Crippen molar-refractivity contribution >= 4 is 23.4 Å². The summed E-state index contributed by atoms with van der Waals surface area (Å²) in [6.45, 7) is 3.34. The number of esters is 1. The number of ether oxygens (including phenoxy) is 1. The summed E-state index contributed by atoms with van der Waals surface area (Å²) in [6.07, 6.45) is 0.192. The average Bonchev–Trinajstić information content (AvgIpc) is 2.30. The summed E-state index contributed by atoms with van der Waals surface area (Å²) in [5.41, 5.74) is 2.52. The van der Waals surface area contributed by atoms with Gasteiger partial charge in [-0.2, -0.15) is 0 Å². The minimum Gasteiger partial charge on any atom is -0.469 e. The van der Waals surface area contributed by atoms with Crippen LogP contribution < -0.4 is 0 Å². The van der Waals surface area contributed by atoms with Crippen molar-refractivity contribution in [2.24, 2.45) is 0 Å². The van der Waals surface area contributed by atoms with Gasteiger partial charge in [0, 0.05) is 0 Å². The van der Waals surface area contributed by atoms with Crippen LogP contribution in [0.4, 0.5) is 0 Å². The van der Waals surface area contributed by atoms with E-state index < -0.39 is 5.38 Å². The Bertz CT molecular complexity index is 440. The third-order valence-corrected chi connectivity index (χ3v) is 3.14. The van der Waals surface area contributed by atoms with Gasteiger partial charge in [0.1, 0.15) is 5.38 Å². The molecule has 0 aromatic heterocycles. The van der Waals surface area contributed by atoms with Gasteiger partial charge < -0.3 is 4.74 Å². The number of hydrogen-bond acceptors (Lipinski definition) is 3. The molecule has 0 fully saturated rings. The van der Waals surface area contributed by atoms with Crippen LogP contribution in [0.2, 0.25) is 0 Å². The molecule has 4 heteroatoms. The number of rotatable bonds is 4. The van der Waals surface area contributed by atoms with E-state index in [1.165, 1.54) is 14.0 Å². The lowest BCUT2D eigenvalue weighted by Crippen LogP contribution is -2.08. The van der Waals surface area contributed by atoms with Crippen LogP contribution in [0.3, 0.4) is 0 Å². The highest BCUT2D eigenvalue weighted by Gasteiger charge is 2.15. The molecule has 0 radical (unpaired) electrons. The van der Waals surface area contributed by atoms with Crippen molar-refractivity contribution in [1.82, 2.24) is 0 Å². The quantitative estimate of drug-likeness (QED) is 0.613. The fourth-order valence-corrected chi connectivity index (χ4v) is 1.64. The Morgan fingerprint density at radius 1 is 1.41 bits per heavy atom. The second-order valence-electron chi connectivity index (χ2n) is 3.91. The summed E-state index contributed by atoms with van der Waals surface area (Å²) in [5, 5.41) is -0.660. The summed E-state index contributed by atoms with van der Waals surface area (Å²) >= 11 is 5.97. The number of methoxy groups -OCH3 is 1. The second kappa shape index (κ2) is 5.82. The lowest BCUT2D eigenvalue weighted by atomic mass is 9.99. The number of hydrogen-bond donors (Lipinski definition) is 0. The molecule has 0 saturated heterocycles. The van der Waals surface area contributed by atoms with Crippen molar-refractivity contribution in [2.45, 2.75) is 25.6 Å². The van der Waals surface area contributed by atoms with E-state index in [4.69, 9.17) is 11.6 Å². The molecule has 1 aromatic rings. The molecule has 0 amide bonds. The molecule has 0 N–H and O–H groups in total. The molecule has 0 spiro atoms. The zero-order valence-corrected chi connectivity index (χ0v) is 10.9. The predicted octanol–water partition coefficient (Wildman–Crippen LogP) is 2.58. The lowest BCUT2D eigenvalue weighted by molar-refractivity contribution is -0.139. The Morgan fingerprint density at radius 3 is 2.59 bits per heavy atom. The molecular formula is C13H15ClO3. The standard InChI is InChI=1S/C13H15ClO3/c1-8-4-5-10(13(14)9(2)15)6-11(8)7-12(16)17-3/h4-6,13H,7H2,1-3H3. The molecule has 0 aliphatic rings. The predicted molar refractivity (Wildman–Crippen MR) is 66.2 cm³/mol.